The van der Waals surface area contributed by atoms with Crippen molar-refractivity contribution >= 4 is 5.97 Å². The van der Waals surface area contributed by atoms with Gasteiger partial charge in [0, 0.05) is 20.2 Å². The van der Waals surface area contributed by atoms with E-state index in [4.69, 9.17) is 4.74 Å². The molecule has 0 spiro atoms. The summed E-state index contributed by atoms with van der Waals surface area (Å²) in [5.41, 5.74) is -0.629. The van der Waals surface area contributed by atoms with E-state index < -0.39 is 11.4 Å². The van der Waals surface area contributed by atoms with Crippen LogP contribution in [0, 0.1) is 5.41 Å². The fraction of sp³-hybridized carbons (Fsp3) is 0.917. The van der Waals surface area contributed by atoms with Gasteiger partial charge in [-0.1, -0.05) is 6.92 Å². The first-order valence-electron chi connectivity index (χ1n) is 6.00. The van der Waals surface area contributed by atoms with Crippen LogP contribution >= 0.6 is 0 Å². The molecule has 1 N–H and O–H groups in total. The smallest absolute Gasteiger partial charge is 0.310 e. The quantitative estimate of drug-likeness (QED) is 0.778. The van der Waals surface area contributed by atoms with Crippen LogP contribution in [-0.2, 0) is 9.53 Å². The van der Waals surface area contributed by atoms with Gasteiger partial charge in [-0.2, -0.15) is 0 Å². The lowest BCUT2D eigenvalue weighted by Gasteiger charge is -2.36. The second-order valence-electron chi connectivity index (χ2n) is 4.95. The fourth-order valence-electron chi connectivity index (χ4n) is 2.17. The highest BCUT2D eigenvalue weighted by atomic mass is 16.5. The molecule has 1 aliphatic rings. The zero-order chi connectivity index (χ0) is 12.2. The molecule has 0 aromatic heterocycles. The lowest BCUT2D eigenvalue weighted by atomic mass is 9.86. The number of nitrogens with zero attached hydrogens (tertiary/aromatic N) is 1. The molecule has 0 bridgehead atoms. The maximum Gasteiger partial charge on any atom is 0.310 e. The summed E-state index contributed by atoms with van der Waals surface area (Å²) in [6, 6.07) is 0. The minimum absolute atomic E-state index is 0.267. The number of likely N-dealkylation sites (tertiary alicyclic amines) is 1. The Labute approximate surface area is 97.6 Å². The first kappa shape index (κ1) is 13.5. The van der Waals surface area contributed by atoms with Gasteiger partial charge in [-0.05, 0) is 32.7 Å². The summed E-state index contributed by atoms with van der Waals surface area (Å²) in [5.74, 6) is -0.699. The molecule has 0 saturated carbocycles. The molecule has 0 amide bonds. The van der Waals surface area contributed by atoms with E-state index in [2.05, 4.69) is 4.90 Å². The van der Waals surface area contributed by atoms with Crippen LogP contribution in [0.5, 0.6) is 0 Å². The van der Waals surface area contributed by atoms with Crippen molar-refractivity contribution in [1.29, 1.82) is 0 Å². The van der Waals surface area contributed by atoms with Gasteiger partial charge in [-0.25, -0.2) is 0 Å². The number of aliphatic carboxylic acids is 1. The minimum atomic E-state index is -0.699. The first-order chi connectivity index (χ1) is 7.51. The monoisotopic (exact) mass is 229 g/mol. The number of ether oxygens (including phenoxy) is 1. The van der Waals surface area contributed by atoms with Crippen LogP contribution in [0.2, 0.25) is 0 Å². The molecule has 2 atom stereocenters. The summed E-state index contributed by atoms with van der Waals surface area (Å²) >= 11 is 0. The number of carboxylic acid groups (broad SMARTS) is 1. The second-order valence-corrected chi connectivity index (χ2v) is 4.95. The number of hydrogen-bond donors (Lipinski definition) is 1. The first-order valence-corrected chi connectivity index (χ1v) is 6.00. The third-order valence-corrected chi connectivity index (χ3v) is 3.66. The minimum Gasteiger partial charge on any atom is -0.481 e. The molecule has 4 heteroatoms. The van der Waals surface area contributed by atoms with Crippen LogP contribution in [0.15, 0.2) is 0 Å². The van der Waals surface area contributed by atoms with Crippen molar-refractivity contribution in [3.8, 4) is 0 Å². The third-order valence-electron chi connectivity index (χ3n) is 3.66. The summed E-state index contributed by atoms with van der Waals surface area (Å²) < 4.78 is 5.34. The standard InChI is InChI=1S/C12H23NO3/c1-4-12(2,11(14)15)9-13-7-5-6-10(8-13)16-3/h10H,4-9H2,1-3H3,(H,14,15). The number of hydrogen-bond acceptors (Lipinski definition) is 3. The normalized spacial score (nSPS) is 26.3. The van der Waals surface area contributed by atoms with Crippen molar-refractivity contribution in [1.82, 2.24) is 4.90 Å². The lowest BCUT2D eigenvalue weighted by Crippen LogP contribution is -2.46. The van der Waals surface area contributed by atoms with Gasteiger partial charge in [0.2, 0.25) is 0 Å². The zero-order valence-corrected chi connectivity index (χ0v) is 10.5. The SMILES string of the molecule is CCC(C)(CN1CCCC(OC)C1)C(=O)O. The molecule has 0 radical (unpaired) electrons. The largest absolute Gasteiger partial charge is 0.481 e. The van der Waals surface area contributed by atoms with Gasteiger partial charge in [0.1, 0.15) is 0 Å². The fourth-order valence-corrected chi connectivity index (χ4v) is 2.17. The van der Waals surface area contributed by atoms with Crippen molar-refractivity contribution < 1.29 is 14.6 Å². The molecule has 0 aliphatic carbocycles. The average molecular weight is 229 g/mol. The van der Waals surface area contributed by atoms with E-state index in [0.29, 0.717) is 13.0 Å². The van der Waals surface area contributed by atoms with Crippen LogP contribution in [0.25, 0.3) is 0 Å². The van der Waals surface area contributed by atoms with Gasteiger partial charge in [0.15, 0.2) is 0 Å². The summed E-state index contributed by atoms with van der Waals surface area (Å²) in [7, 11) is 1.73. The van der Waals surface area contributed by atoms with Crippen LogP contribution < -0.4 is 0 Å². The van der Waals surface area contributed by atoms with Gasteiger partial charge < -0.3 is 9.84 Å². The molecule has 16 heavy (non-hydrogen) atoms. The van der Waals surface area contributed by atoms with Gasteiger partial charge in [-0.3, -0.25) is 9.69 Å². The van der Waals surface area contributed by atoms with Crippen molar-refractivity contribution in [3.05, 3.63) is 0 Å². The maximum absolute atomic E-state index is 11.2. The van der Waals surface area contributed by atoms with Crippen LogP contribution in [-0.4, -0.2) is 48.8 Å². The summed E-state index contributed by atoms with van der Waals surface area (Å²) in [5, 5.41) is 9.23. The molecule has 94 valence electrons. The van der Waals surface area contributed by atoms with Gasteiger partial charge >= 0.3 is 5.97 Å². The second kappa shape index (κ2) is 5.64. The highest BCUT2D eigenvalue weighted by Crippen LogP contribution is 2.25. The Morgan fingerprint density at radius 3 is 2.81 bits per heavy atom. The summed E-state index contributed by atoms with van der Waals surface area (Å²) in [6.07, 6.45) is 3.11. The Morgan fingerprint density at radius 1 is 1.62 bits per heavy atom. The van der Waals surface area contributed by atoms with Crippen LogP contribution in [0.3, 0.4) is 0 Å². The predicted octanol–water partition coefficient (Wildman–Crippen LogP) is 1.60. The van der Waals surface area contributed by atoms with Crippen LogP contribution in [0.1, 0.15) is 33.1 Å². The maximum atomic E-state index is 11.2. The molecule has 1 rings (SSSR count). The molecule has 0 aromatic carbocycles. The van der Waals surface area contributed by atoms with Crippen molar-refractivity contribution in [3.63, 3.8) is 0 Å². The van der Waals surface area contributed by atoms with Crippen molar-refractivity contribution in [2.24, 2.45) is 5.41 Å². The van der Waals surface area contributed by atoms with E-state index in [1.807, 2.05) is 13.8 Å². The average Bonchev–Trinajstić information content (AvgIpc) is 2.29. The summed E-state index contributed by atoms with van der Waals surface area (Å²) in [4.78, 5) is 13.4. The van der Waals surface area contributed by atoms with Gasteiger partial charge in [-0.15, -0.1) is 0 Å². The van der Waals surface area contributed by atoms with E-state index >= 15 is 0 Å². The number of carboxylic acids is 1. The van der Waals surface area contributed by atoms with E-state index in [0.717, 1.165) is 25.9 Å². The highest BCUT2D eigenvalue weighted by Gasteiger charge is 2.34. The van der Waals surface area contributed by atoms with Gasteiger partial charge in [0.05, 0.1) is 11.5 Å². The number of rotatable bonds is 5. The zero-order valence-electron chi connectivity index (χ0n) is 10.5. The molecule has 1 fully saturated rings. The third kappa shape index (κ3) is 3.19. The lowest BCUT2D eigenvalue weighted by molar-refractivity contribution is -0.149. The molecular weight excluding hydrogens is 206 g/mol. The number of piperidine rings is 1. The Kier molecular flexibility index (Phi) is 4.74. The van der Waals surface area contributed by atoms with Crippen molar-refractivity contribution in [2.75, 3.05) is 26.7 Å². The predicted molar refractivity (Wildman–Crippen MR) is 62.5 cm³/mol. The Balaban J connectivity index is 2.55. The molecule has 4 nitrogen and oxygen atoms in total. The topological polar surface area (TPSA) is 49.8 Å². The molecule has 0 aromatic rings. The summed E-state index contributed by atoms with van der Waals surface area (Å²) in [6.45, 7) is 6.23. The van der Waals surface area contributed by atoms with E-state index in [-0.39, 0.29) is 6.10 Å². The molecular formula is C12H23NO3. The number of carbonyl (C=O) groups is 1. The van der Waals surface area contributed by atoms with Crippen LogP contribution in [0.4, 0.5) is 0 Å². The van der Waals surface area contributed by atoms with Gasteiger partial charge in [0.25, 0.3) is 0 Å². The molecule has 2 unspecified atom stereocenters. The van der Waals surface area contributed by atoms with E-state index in [1.54, 1.807) is 7.11 Å². The van der Waals surface area contributed by atoms with E-state index in [1.165, 1.54) is 0 Å². The Morgan fingerprint density at radius 2 is 2.31 bits per heavy atom. The highest BCUT2D eigenvalue weighted by molar-refractivity contribution is 5.74. The molecule has 1 saturated heterocycles. The van der Waals surface area contributed by atoms with Crippen molar-refractivity contribution in [2.45, 2.75) is 39.2 Å². The Bertz CT molecular complexity index is 244. The van der Waals surface area contributed by atoms with E-state index in [9.17, 15) is 9.90 Å². The molecule has 1 aliphatic heterocycles. The Hall–Kier alpha value is -0.610. The molecule has 1 heterocycles. The number of methoxy groups -OCH3 is 1.